The fraction of sp³-hybridized carbons (Fsp3) is 0.647. The van der Waals surface area contributed by atoms with Crippen molar-refractivity contribution in [2.45, 2.75) is 59.7 Å². The molecule has 0 amide bonds. The average molecular weight is 262 g/mol. The van der Waals surface area contributed by atoms with Crippen LogP contribution in [0.15, 0.2) is 24.3 Å². The van der Waals surface area contributed by atoms with E-state index in [1.807, 2.05) is 0 Å². The second-order valence-electron chi connectivity index (χ2n) is 6.36. The summed E-state index contributed by atoms with van der Waals surface area (Å²) >= 11 is 0. The van der Waals surface area contributed by atoms with E-state index in [2.05, 4.69) is 70.7 Å². The molecule has 2 nitrogen and oxygen atoms in total. The van der Waals surface area contributed by atoms with Gasteiger partial charge in [-0.25, -0.2) is 0 Å². The molecule has 0 radical (unpaired) electrons. The van der Waals surface area contributed by atoms with Crippen LogP contribution in [0.1, 0.15) is 51.8 Å². The maximum atomic E-state index is 6.46. The van der Waals surface area contributed by atoms with Crippen LogP contribution < -0.4 is 5.73 Å². The molecule has 2 atom stereocenters. The standard InChI is InChI=1S/C17H30N2/c1-12(2)11-19(13(3)4)15(6)17(18)16-9-7-14(5)8-10-16/h7-10,12-13,15,17H,11,18H2,1-6H3. The molecule has 19 heavy (non-hydrogen) atoms. The normalized spacial score (nSPS) is 15.3. The van der Waals surface area contributed by atoms with Gasteiger partial charge in [-0.3, -0.25) is 4.90 Å². The van der Waals surface area contributed by atoms with Crippen molar-refractivity contribution < 1.29 is 0 Å². The third-order valence-corrected chi connectivity index (χ3v) is 3.74. The number of benzene rings is 1. The Hall–Kier alpha value is -0.860. The molecule has 2 unspecified atom stereocenters. The Bertz CT molecular complexity index is 367. The van der Waals surface area contributed by atoms with Crippen LogP contribution in [0.4, 0.5) is 0 Å². The van der Waals surface area contributed by atoms with Gasteiger partial charge in [0.25, 0.3) is 0 Å². The van der Waals surface area contributed by atoms with Crippen molar-refractivity contribution >= 4 is 0 Å². The predicted molar refractivity (Wildman–Crippen MR) is 84.2 cm³/mol. The summed E-state index contributed by atoms with van der Waals surface area (Å²) in [5.74, 6) is 0.662. The van der Waals surface area contributed by atoms with Crippen LogP contribution in [0.5, 0.6) is 0 Å². The summed E-state index contributed by atoms with van der Waals surface area (Å²) < 4.78 is 0. The zero-order valence-electron chi connectivity index (χ0n) is 13.4. The van der Waals surface area contributed by atoms with Crippen LogP contribution in [-0.2, 0) is 0 Å². The molecule has 0 aromatic heterocycles. The van der Waals surface area contributed by atoms with E-state index in [9.17, 15) is 0 Å². The Morgan fingerprint density at radius 2 is 1.53 bits per heavy atom. The molecular weight excluding hydrogens is 232 g/mol. The first kappa shape index (κ1) is 16.2. The van der Waals surface area contributed by atoms with Gasteiger partial charge in [0.15, 0.2) is 0 Å². The summed E-state index contributed by atoms with van der Waals surface area (Å²) in [7, 11) is 0. The van der Waals surface area contributed by atoms with Gasteiger partial charge in [-0.05, 0) is 39.2 Å². The maximum absolute atomic E-state index is 6.46. The fourth-order valence-corrected chi connectivity index (χ4v) is 2.54. The van der Waals surface area contributed by atoms with Gasteiger partial charge in [0.2, 0.25) is 0 Å². The van der Waals surface area contributed by atoms with Crippen LogP contribution in [-0.4, -0.2) is 23.5 Å². The summed E-state index contributed by atoms with van der Waals surface area (Å²) in [6.07, 6.45) is 0. The zero-order chi connectivity index (χ0) is 14.6. The monoisotopic (exact) mass is 262 g/mol. The highest BCUT2D eigenvalue weighted by molar-refractivity contribution is 5.24. The lowest BCUT2D eigenvalue weighted by atomic mass is 9.97. The molecule has 1 rings (SSSR count). The van der Waals surface area contributed by atoms with Crippen molar-refractivity contribution in [2.75, 3.05) is 6.54 Å². The summed E-state index contributed by atoms with van der Waals surface area (Å²) in [4.78, 5) is 2.51. The molecule has 0 fully saturated rings. The molecule has 0 heterocycles. The Kier molecular flexibility index (Phi) is 6.02. The number of aryl methyl sites for hydroxylation is 1. The lowest BCUT2D eigenvalue weighted by molar-refractivity contribution is 0.126. The molecule has 108 valence electrons. The Labute approximate surface area is 119 Å². The predicted octanol–water partition coefficient (Wildman–Crippen LogP) is 3.75. The molecule has 0 saturated carbocycles. The minimum absolute atomic E-state index is 0.0711. The van der Waals surface area contributed by atoms with Gasteiger partial charge >= 0.3 is 0 Å². The van der Waals surface area contributed by atoms with Crippen LogP contribution in [0, 0.1) is 12.8 Å². The SMILES string of the molecule is Cc1ccc(C(N)C(C)N(CC(C)C)C(C)C)cc1. The quantitative estimate of drug-likeness (QED) is 0.846. The van der Waals surface area contributed by atoms with Crippen molar-refractivity contribution in [3.05, 3.63) is 35.4 Å². The molecule has 0 bridgehead atoms. The molecule has 2 N–H and O–H groups in total. The van der Waals surface area contributed by atoms with Crippen LogP contribution in [0.25, 0.3) is 0 Å². The van der Waals surface area contributed by atoms with Gasteiger partial charge in [0, 0.05) is 24.7 Å². The third-order valence-electron chi connectivity index (χ3n) is 3.74. The van der Waals surface area contributed by atoms with Gasteiger partial charge in [0.05, 0.1) is 0 Å². The van der Waals surface area contributed by atoms with E-state index in [0.717, 1.165) is 6.54 Å². The van der Waals surface area contributed by atoms with Crippen molar-refractivity contribution in [1.82, 2.24) is 4.90 Å². The van der Waals surface area contributed by atoms with E-state index in [0.29, 0.717) is 18.0 Å². The fourth-order valence-electron chi connectivity index (χ4n) is 2.54. The Morgan fingerprint density at radius 1 is 1.00 bits per heavy atom. The van der Waals surface area contributed by atoms with E-state index in [1.165, 1.54) is 11.1 Å². The highest BCUT2D eigenvalue weighted by Crippen LogP contribution is 2.21. The molecule has 2 heteroatoms. The smallest absolute Gasteiger partial charge is 0.0450 e. The Morgan fingerprint density at radius 3 is 1.95 bits per heavy atom. The lowest BCUT2D eigenvalue weighted by Gasteiger charge is -2.37. The van der Waals surface area contributed by atoms with E-state index in [-0.39, 0.29) is 6.04 Å². The molecule has 0 aliphatic rings. The van der Waals surface area contributed by atoms with E-state index >= 15 is 0 Å². The van der Waals surface area contributed by atoms with Crippen molar-refractivity contribution in [3.63, 3.8) is 0 Å². The molecular formula is C17H30N2. The molecule has 0 saturated heterocycles. The molecule has 0 aliphatic carbocycles. The number of hydrogen-bond acceptors (Lipinski definition) is 2. The van der Waals surface area contributed by atoms with Gasteiger partial charge in [-0.2, -0.15) is 0 Å². The second kappa shape index (κ2) is 7.06. The number of nitrogens with two attached hydrogens (primary N) is 1. The third kappa shape index (κ3) is 4.63. The van der Waals surface area contributed by atoms with Gasteiger partial charge in [-0.1, -0.05) is 43.7 Å². The minimum atomic E-state index is 0.0711. The molecule has 1 aromatic carbocycles. The molecule has 1 aromatic rings. The number of hydrogen-bond donors (Lipinski definition) is 1. The van der Waals surface area contributed by atoms with Gasteiger partial charge in [-0.15, -0.1) is 0 Å². The number of rotatable bonds is 6. The first-order valence-corrected chi connectivity index (χ1v) is 7.40. The first-order valence-electron chi connectivity index (χ1n) is 7.40. The topological polar surface area (TPSA) is 29.3 Å². The highest BCUT2D eigenvalue weighted by Gasteiger charge is 2.24. The maximum Gasteiger partial charge on any atom is 0.0450 e. The lowest BCUT2D eigenvalue weighted by Crippen LogP contribution is -2.46. The largest absolute Gasteiger partial charge is 0.323 e. The van der Waals surface area contributed by atoms with Gasteiger partial charge in [0.1, 0.15) is 0 Å². The molecule has 0 aliphatic heterocycles. The van der Waals surface area contributed by atoms with Crippen molar-refractivity contribution in [3.8, 4) is 0 Å². The number of nitrogens with zero attached hydrogens (tertiary/aromatic N) is 1. The van der Waals surface area contributed by atoms with E-state index < -0.39 is 0 Å². The second-order valence-corrected chi connectivity index (χ2v) is 6.36. The summed E-state index contributed by atoms with van der Waals surface area (Å²) in [6.45, 7) is 14.5. The Balaban J connectivity index is 2.83. The van der Waals surface area contributed by atoms with Crippen LogP contribution in [0.3, 0.4) is 0 Å². The zero-order valence-corrected chi connectivity index (χ0v) is 13.4. The minimum Gasteiger partial charge on any atom is -0.323 e. The average Bonchev–Trinajstić information content (AvgIpc) is 2.34. The summed E-state index contributed by atoms with van der Waals surface area (Å²) in [5, 5.41) is 0. The highest BCUT2D eigenvalue weighted by atomic mass is 15.2. The van der Waals surface area contributed by atoms with Gasteiger partial charge < -0.3 is 5.73 Å². The summed E-state index contributed by atoms with van der Waals surface area (Å²) in [6, 6.07) is 9.55. The van der Waals surface area contributed by atoms with Crippen LogP contribution in [0.2, 0.25) is 0 Å². The van der Waals surface area contributed by atoms with Crippen LogP contribution >= 0.6 is 0 Å². The molecule has 0 spiro atoms. The van der Waals surface area contributed by atoms with E-state index in [4.69, 9.17) is 5.73 Å². The van der Waals surface area contributed by atoms with Crippen molar-refractivity contribution in [2.24, 2.45) is 11.7 Å². The first-order chi connectivity index (χ1) is 8.82. The van der Waals surface area contributed by atoms with Crippen molar-refractivity contribution in [1.29, 1.82) is 0 Å². The van der Waals surface area contributed by atoms with E-state index in [1.54, 1.807) is 0 Å². The summed E-state index contributed by atoms with van der Waals surface area (Å²) in [5.41, 5.74) is 8.97.